The van der Waals surface area contributed by atoms with Gasteiger partial charge in [-0.05, 0) is 31.9 Å². The number of nitrogens with zero attached hydrogens (tertiary/aromatic N) is 2. The topological polar surface area (TPSA) is 92.1 Å². The zero-order valence-corrected chi connectivity index (χ0v) is 17.2. The van der Waals surface area contributed by atoms with Crippen molar-refractivity contribution in [1.29, 1.82) is 0 Å². The Balaban J connectivity index is 1.56. The second-order valence-electron chi connectivity index (χ2n) is 7.21. The third-order valence-electron chi connectivity index (χ3n) is 5.28. The van der Waals surface area contributed by atoms with E-state index in [9.17, 15) is 13.2 Å². The second kappa shape index (κ2) is 8.17. The van der Waals surface area contributed by atoms with Gasteiger partial charge in [-0.3, -0.25) is 4.79 Å². The number of sulfonamides is 1. The summed E-state index contributed by atoms with van der Waals surface area (Å²) in [5.41, 5.74) is 1.55. The van der Waals surface area contributed by atoms with Crippen LogP contribution in [-0.2, 0) is 14.8 Å². The van der Waals surface area contributed by atoms with E-state index in [1.54, 1.807) is 6.92 Å². The largest absolute Gasteiger partial charge is 0.455 e. The number of rotatable bonds is 5. The highest BCUT2D eigenvalue weighted by Gasteiger charge is 2.32. The molecule has 0 radical (unpaired) electrons. The number of hydrogen-bond acceptors (Lipinski definition) is 6. The van der Waals surface area contributed by atoms with Gasteiger partial charge in [-0.1, -0.05) is 12.1 Å². The van der Waals surface area contributed by atoms with Crippen molar-refractivity contribution in [1.82, 2.24) is 4.31 Å². The van der Waals surface area contributed by atoms with E-state index in [2.05, 4.69) is 10.2 Å². The zero-order chi connectivity index (χ0) is 20.4. The number of para-hydroxylation sites is 2. The number of carbonyl (C=O) groups is 1. The predicted octanol–water partition coefficient (Wildman–Crippen LogP) is 2.46. The van der Waals surface area contributed by atoms with Gasteiger partial charge in [0.2, 0.25) is 10.0 Å². The van der Waals surface area contributed by atoms with Crippen molar-refractivity contribution in [3.8, 4) is 0 Å². The first-order valence-corrected chi connectivity index (χ1v) is 11.2. The number of aryl methyl sites for hydroxylation is 1. The number of carbonyl (C=O) groups excluding carboxylic acids is 1. The van der Waals surface area contributed by atoms with Crippen LogP contribution in [-0.4, -0.2) is 58.0 Å². The second-order valence-corrected chi connectivity index (χ2v) is 9.12. The summed E-state index contributed by atoms with van der Waals surface area (Å²) < 4.78 is 38.0. The molecule has 1 aromatic heterocycles. The quantitative estimate of drug-likeness (QED) is 0.800. The number of furan rings is 1. The average molecular weight is 420 g/mol. The number of morpholine rings is 1. The van der Waals surface area contributed by atoms with E-state index < -0.39 is 15.9 Å². The van der Waals surface area contributed by atoms with Crippen LogP contribution in [0.1, 0.15) is 29.2 Å². The average Bonchev–Trinajstić information content (AvgIpc) is 3.40. The Kier molecular flexibility index (Phi) is 5.62. The van der Waals surface area contributed by atoms with Crippen molar-refractivity contribution in [3.05, 3.63) is 41.9 Å². The number of amides is 1. The fraction of sp³-hybridized carbons (Fsp3) is 0.450. The summed E-state index contributed by atoms with van der Waals surface area (Å²) in [7, 11) is -3.64. The van der Waals surface area contributed by atoms with Gasteiger partial charge in [0.15, 0.2) is 5.76 Å². The molecule has 1 amide bonds. The van der Waals surface area contributed by atoms with E-state index in [0.29, 0.717) is 32.0 Å². The summed E-state index contributed by atoms with van der Waals surface area (Å²) in [5, 5.41) is 2.86. The Morgan fingerprint density at radius 1 is 1.07 bits per heavy atom. The van der Waals surface area contributed by atoms with E-state index in [1.165, 1.54) is 10.4 Å². The first-order valence-electron chi connectivity index (χ1n) is 9.80. The lowest BCUT2D eigenvalue weighted by Gasteiger charge is -2.30. The minimum Gasteiger partial charge on any atom is -0.455 e. The summed E-state index contributed by atoms with van der Waals surface area (Å²) in [6.07, 6.45) is 1.70. The SMILES string of the molecule is Cc1oc(C(=O)Nc2ccccc2N2CCOCC2)cc1S(=O)(=O)N1CCCC1. The van der Waals surface area contributed by atoms with Gasteiger partial charge < -0.3 is 19.4 Å². The smallest absolute Gasteiger partial charge is 0.291 e. The minimum atomic E-state index is -3.64. The van der Waals surface area contributed by atoms with Gasteiger partial charge in [0, 0.05) is 32.2 Å². The Morgan fingerprint density at radius 3 is 2.48 bits per heavy atom. The maximum absolute atomic E-state index is 12.8. The molecule has 0 aliphatic carbocycles. The molecule has 0 bridgehead atoms. The van der Waals surface area contributed by atoms with Crippen LogP contribution in [0.25, 0.3) is 0 Å². The molecule has 29 heavy (non-hydrogen) atoms. The van der Waals surface area contributed by atoms with Crippen LogP contribution in [0.4, 0.5) is 11.4 Å². The lowest BCUT2D eigenvalue weighted by molar-refractivity contribution is 0.0995. The Labute approximate surface area is 170 Å². The molecule has 0 atom stereocenters. The third kappa shape index (κ3) is 4.03. The highest BCUT2D eigenvalue weighted by Crippen LogP contribution is 2.29. The number of hydrogen-bond donors (Lipinski definition) is 1. The molecule has 9 heteroatoms. The van der Waals surface area contributed by atoms with Gasteiger partial charge in [0.25, 0.3) is 5.91 Å². The van der Waals surface area contributed by atoms with E-state index >= 15 is 0 Å². The van der Waals surface area contributed by atoms with Crippen molar-refractivity contribution in [2.75, 3.05) is 49.6 Å². The monoisotopic (exact) mass is 419 g/mol. The highest BCUT2D eigenvalue weighted by atomic mass is 32.2. The number of ether oxygens (including phenoxy) is 1. The molecule has 2 saturated heterocycles. The highest BCUT2D eigenvalue weighted by molar-refractivity contribution is 7.89. The molecule has 2 aliphatic heterocycles. The fourth-order valence-corrected chi connectivity index (χ4v) is 5.42. The van der Waals surface area contributed by atoms with Crippen LogP contribution < -0.4 is 10.2 Å². The van der Waals surface area contributed by atoms with Crippen LogP contribution in [0, 0.1) is 6.92 Å². The Hall–Kier alpha value is -2.36. The van der Waals surface area contributed by atoms with Crippen molar-refractivity contribution >= 4 is 27.3 Å². The number of anilines is 2. The van der Waals surface area contributed by atoms with E-state index in [-0.39, 0.29) is 16.4 Å². The Morgan fingerprint density at radius 2 is 1.76 bits per heavy atom. The predicted molar refractivity (Wildman–Crippen MR) is 109 cm³/mol. The molecule has 3 heterocycles. The molecular formula is C20H25N3O5S. The lowest BCUT2D eigenvalue weighted by atomic mass is 10.2. The molecule has 0 spiro atoms. The van der Waals surface area contributed by atoms with Crippen LogP contribution in [0.3, 0.4) is 0 Å². The molecule has 2 aromatic rings. The zero-order valence-electron chi connectivity index (χ0n) is 16.4. The first-order chi connectivity index (χ1) is 14.0. The molecule has 1 aromatic carbocycles. The summed E-state index contributed by atoms with van der Waals surface area (Å²) in [6.45, 7) is 5.33. The molecule has 0 saturated carbocycles. The molecule has 4 rings (SSSR count). The molecule has 1 N–H and O–H groups in total. The molecule has 156 valence electrons. The fourth-order valence-electron chi connectivity index (χ4n) is 3.74. The van der Waals surface area contributed by atoms with Gasteiger partial charge in [0.05, 0.1) is 24.6 Å². The molecular weight excluding hydrogens is 394 g/mol. The van der Waals surface area contributed by atoms with Crippen LogP contribution in [0.5, 0.6) is 0 Å². The van der Waals surface area contributed by atoms with Gasteiger partial charge >= 0.3 is 0 Å². The first kappa shape index (κ1) is 19.9. The summed E-state index contributed by atoms with van der Waals surface area (Å²) in [4.78, 5) is 15.0. The Bertz CT molecular complexity index is 989. The van der Waals surface area contributed by atoms with Crippen LogP contribution >= 0.6 is 0 Å². The number of nitrogens with one attached hydrogen (secondary N) is 1. The van der Waals surface area contributed by atoms with E-state index in [0.717, 1.165) is 31.6 Å². The molecule has 8 nitrogen and oxygen atoms in total. The minimum absolute atomic E-state index is 0.0166. The summed E-state index contributed by atoms with van der Waals surface area (Å²) in [6, 6.07) is 8.85. The van der Waals surface area contributed by atoms with E-state index in [1.807, 2.05) is 24.3 Å². The van der Waals surface area contributed by atoms with Crippen LogP contribution in [0.2, 0.25) is 0 Å². The maximum Gasteiger partial charge on any atom is 0.291 e. The maximum atomic E-state index is 12.8. The van der Waals surface area contributed by atoms with Gasteiger partial charge in [-0.25, -0.2) is 8.42 Å². The van der Waals surface area contributed by atoms with Crippen molar-refractivity contribution < 1.29 is 22.4 Å². The molecule has 0 unspecified atom stereocenters. The third-order valence-corrected chi connectivity index (χ3v) is 7.29. The van der Waals surface area contributed by atoms with Crippen molar-refractivity contribution in [3.63, 3.8) is 0 Å². The van der Waals surface area contributed by atoms with E-state index in [4.69, 9.17) is 9.15 Å². The van der Waals surface area contributed by atoms with Crippen molar-refractivity contribution in [2.45, 2.75) is 24.7 Å². The van der Waals surface area contributed by atoms with Crippen LogP contribution in [0.15, 0.2) is 39.6 Å². The van der Waals surface area contributed by atoms with Crippen molar-refractivity contribution in [2.24, 2.45) is 0 Å². The normalized spacial score (nSPS) is 18.2. The van der Waals surface area contributed by atoms with Gasteiger partial charge in [0.1, 0.15) is 10.7 Å². The summed E-state index contributed by atoms with van der Waals surface area (Å²) in [5.74, 6) is -0.266. The standard InChI is InChI=1S/C20H25N3O5S/c1-15-19(29(25,26)23-8-4-5-9-23)14-18(28-15)20(24)21-16-6-2-3-7-17(16)22-10-12-27-13-11-22/h2-3,6-7,14H,4-5,8-13H2,1H3,(H,21,24). The molecule has 2 aliphatic rings. The summed E-state index contributed by atoms with van der Waals surface area (Å²) >= 11 is 0. The lowest BCUT2D eigenvalue weighted by Crippen LogP contribution is -2.36. The molecule has 2 fully saturated rings. The number of benzene rings is 1. The van der Waals surface area contributed by atoms with Gasteiger partial charge in [-0.2, -0.15) is 4.31 Å². The van der Waals surface area contributed by atoms with Gasteiger partial charge in [-0.15, -0.1) is 0 Å².